The van der Waals surface area contributed by atoms with E-state index in [1.807, 2.05) is 24.3 Å². The minimum Gasteiger partial charge on any atom is -0.460 e. The van der Waals surface area contributed by atoms with Crippen LogP contribution in [0.25, 0.3) is 11.0 Å². The Balaban J connectivity index is 1.54. The lowest BCUT2D eigenvalue weighted by molar-refractivity contribution is -0.149. The highest BCUT2D eigenvalue weighted by Gasteiger charge is 2.49. The zero-order valence-electron chi connectivity index (χ0n) is 13.1. The number of fused-ring (bicyclic) bond motifs is 1. The molecule has 2 N–H and O–H groups in total. The minimum absolute atomic E-state index is 0.00514. The summed E-state index contributed by atoms with van der Waals surface area (Å²) in [7, 11) is 0. The molecule has 2 saturated heterocycles. The van der Waals surface area contributed by atoms with Crippen LogP contribution in [-0.4, -0.2) is 41.7 Å². The van der Waals surface area contributed by atoms with Crippen LogP contribution in [-0.2, 0) is 11.3 Å². The van der Waals surface area contributed by atoms with Crippen LogP contribution in [0.5, 0.6) is 0 Å². The summed E-state index contributed by atoms with van der Waals surface area (Å²) in [5, 5.41) is 14.5. The van der Waals surface area contributed by atoms with Crippen LogP contribution in [0.15, 0.2) is 34.7 Å². The Labute approximate surface area is 135 Å². The largest absolute Gasteiger partial charge is 0.460 e. The van der Waals surface area contributed by atoms with E-state index in [1.165, 1.54) is 0 Å². The lowest BCUT2D eigenvalue weighted by Gasteiger charge is -2.46. The van der Waals surface area contributed by atoms with Crippen molar-refractivity contribution < 1.29 is 14.3 Å². The third kappa shape index (κ3) is 2.54. The number of aliphatic hydroxyl groups is 1. The number of furan rings is 1. The van der Waals surface area contributed by atoms with E-state index < -0.39 is 11.5 Å². The third-order valence-electron chi connectivity index (χ3n) is 5.26. The van der Waals surface area contributed by atoms with Gasteiger partial charge in [-0.1, -0.05) is 18.2 Å². The van der Waals surface area contributed by atoms with Gasteiger partial charge in [-0.15, -0.1) is 0 Å². The summed E-state index contributed by atoms with van der Waals surface area (Å²) in [4.78, 5) is 14.6. The molecule has 5 heteroatoms. The molecule has 5 nitrogen and oxygen atoms in total. The predicted molar refractivity (Wildman–Crippen MR) is 86.8 cm³/mol. The summed E-state index contributed by atoms with van der Waals surface area (Å²) in [5.41, 5.74) is 0.243. The fraction of sp³-hybridized carbons (Fsp3) is 0.500. The number of rotatable bonds is 2. The first-order chi connectivity index (χ1) is 11.2. The number of aliphatic hydroxyl groups excluding tert-OH is 1. The van der Waals surface area contributed by atoms with Crippen LogP contribution in [0.2, 0.25) is 0 Å². The average Bonchev–Trinajstić information content (AvgIpc) is 2.96. The summed E-state index contributed by atoms with van der Waals surface area (Å²) < 4.78 is 5.90. The fourth-order valence-corrected chi connectivity index (χ4v) is 4.00. The summed E-state index contributed by atoms with van der Waals surface area (Å²) in [5.74, 6) is 0.916. The number of nitrogens with one attached hydrogen (secondary N) is 1. The maximum absolute atomic E-state index is 12.4. The van der Waals surface area contributed by atoms with Crippen LogP contribution in [0.3, 0.4) is 0 Å². The van der Waals surface area contributed by atoms with Crippen molar-refractivity contribution in [2.45, 2.75) is 31.9 Å². The van der Waals surface area contributed by atoms with Gasteiger partial charge in [0, 0.05) is 25.0 Å². The molecule has 23 heavy (non-hydrogen) atoms. The standard InChI is InChI=1S/C18H22N2O3/c21-16-6-9-20(12-18(16)7-3-8-19-17(18)22)11-14-10-13-4-1-2-5-15(13)23-14/h1-2,4-5,10,16,21H,3,6-9,11-12H2,(H,19,22)/t16-,18+/m0/s1. The average molecular weight is 314 g/mol. The van der Waals surface area contributed by atoms with Crippen molar-refractivity contribution in [2.24, 2.45) is 5.41 Å². The molecule has 3 heterocycles. The van der Waals surface area contributed by atoms with Crippen molar-refractivity contribution in [1.29, 1.82) is 0 Å². The molecule has 0 bridgehead atoms. The Hall–Kier alpha value is -1.85. The summed E-state index contributed by atoms with van der Waals surface area (Å²) in [6, 6.07) is 10.0. The van der Waals surface area contributed by atoms with Crippen LogP contribution >= 0.6 is 0 Å². The van der Waals surface area contributed by atoms with Gasteiger partial charge < -0.3 is 14.8 Å². The number of hydrogen-bond acceptors (Lipinski definition) is 4. The Bertz CT molecular complexity index is 693. The maximum atomic E-state index is 12.4. The predicted octanol–water partition coefficient (Wildman–Crippen LogP) is 1.90. The number of piperidine rings is 2. The molecule has 2 aliphatic heterocycles. The molecule has 0 unspecified atom stereocenters. The van der Waals surface area contributed by atoms with Gasteiger partial charge in [-0.05, 0) is 31.4 Å². The molecule has 0 saturated carbocycles. The second-order valence-electron chi connectivity index (χ2n) is 6.78. The molecular weight excluding hydrogens is 292 g/mol. The summed E-state index contributed by atoms with van der Waals surface area (Å²) >= 11 is 0. The number of para-hydroxylation sites is 1. The number of hydrogen-bond donors (Lipinski definition) is 2. The Morgan fingerprint density at radius 1 is 1.39 bits per heavy atom. The van der Waals surface area contributed by atoms with E-state index in [2.05, 4.69) is 16.3 Å². The van der Waals surface area contributed by atoms with Crippen LogP contribution in [0, 0.1) is 5.41 Å². The highest BCUT2D eigenvalue weighted by atomic mass is 16.3. The summed E-state index contributed by atoms with van der Waals surface area (Å²) in [6.07, 6.45) is 1.78. The molecule has 2 aromatic rings. The van der Waals surface area contributed by atoms with Crippen molar-refractivity contribution in [3.63, 3.8) is 0 Å². The molecule has 122 valence electrons. The monoisotopic (exact) mass is 314 g/mol. The van der Waals surface area contributed by atoms with Gasteiger partial charge in [-0.25, -0.2) is 0 Å². The highest BCUT2D eigenvalue weighted by Crippen LogP contribution is 2.37. The molecule has 1 spiro atoms. The van der Waals surface area contributed by atoms with E-state index in [4.69, 9.17) is 4.42 Å². The zero-order chi connectivity index (χ0) is 15.9. The van der Waals surface area contributed by atoms with E-state index in [-0.39, 0.29) is 5.91 Å². The zero-order valence-corrected chi connectivity index (χ0v) is 13.1. The molecule has 1 amide bonds. The maximum Gasteiger partial charge on any atom is 0.230 e. The number of likely N-dealkylation sites (tertiary alicyclic amines) is 1. The first kappa shape index (κ1) is 14.7. The second kappa shape index (κ2) is 5.65. The first-order valence-corrected chi connectivity index (χ1v) is 8.34. The van der Waals surface area contributed by atoms with Crippen molar-refractivity contribution in [2.75, 3.05) is 19.6 Å². The van der Waals surface area contributed by atoms with Gasteiger partial charge in [0.15, 0.2) is 0 Å². The lowest BCUT2D eigenvalue weighted by Crippen LogP contribution is -2.61. The Morgan fingerprint density at radius 2 is 2.26 bits per heavy atom. The molecule has 4 rings (SSSR count). The van der Waals surface area contributed by atoms with Gasteiger partial charge in [0.2, 0.25) is 5.91 Å². The number of nitrogens with zero attached hydrogens (tertiary/aromatic N) is 1. The van der Waals surface area contributed by atoms with Crippen LogP contribution in [0.4, 0.5) is 0 Å². The van der Waals surface area contributed by atoms with E-state index >= 15 is 0 Å². The topological polar surface area (TPSA) is 65.7 Å². The SMILES string of the molecule is O=C1NCCC[C@]12CN(Cc1cc3ccccc3o1)CC[C@@H]2O. The van der Waals surface area contributed by atoms with Crippen LogP contribution < -0.4 is 5.32 Å². The normalized spacial score (nSPS) is 29.1. The molecule has 1 aromatic carbocycles. The van der Waals surface area contributed by atoms with E-state index in [0.29, 0.717) is 19.5 Å². The first-order valence-electron chi connectivity index (χ1n) is 8.34. The van der Waals surface area contributed by atoms with Gasteiger partial charge in [0.1, 0.15) is 11.3 Å². The quantitative estimate of drug-likeness (QED) is 0.888. The summed E-state index contributed by atoms with van der Waals surface area (Å²) in [6.45, 7) is 2.78. The molecule has 0 aliphatic carbocycles. The third-order valence-corrected chi connectivity index (χ3v) is 5.26. The second-order valence-corrected chi connectivity index (χ2v) is 6.78. The fourth-order valence-electron chi connectivity index (χ4n) is 4.00. The Morgan fingerprint density at radius 3 is 3.09 bits per heavy atom. The molecule has 1 aromatic heterocycles. The van der Waals surface area contributed by atoms with Crippen molar-refractivity contribution >= 4 is 16.9 Å². The molecule has 2 atom stereocenters. The molecule has 2 aliphatic rings. The smallest absolute Gasteiger partial charge is 0.230 e. The van der Waals surface area contributed by atoms with E-state index in [1.54, 1.807) is 0 Å². The van der Waals surface area contributed by atoms with Crippen LogP contribution in [0.1, 0.15) is 25.0 Å². The molecular formula is C18H22N2O3. The van der Waals surface area contributed by atoms with Crippen molar-refractivity contribution in [1.82, 2.24) is 10.2 Å². The van der Waals surface area contributed by atoms with Gasteiger partial charge in [0.25, 0.3) is 0 Å². The van der Waals surface area contributed by atoms with Gasteiger partial charge in [-0.2, -0.15) is 0 Å². The highest BCUT2D eigenvalue weighted by molar-refractivity contribution is 5.84. The lowest BCUT2D eigenvalue weighted by atomic mass is 9.71. The van der Waals surface area contributed by atoms with Crippen molar-refractivity contribution in [3.8, 4) is 0 Å². The van der Waals surface area contributed by atoms with E-state index in [0.717, 1.165) is 42.7 Å². The van der Waals surface area contributed by atoms with E-state index in [9.17, 15) is 9.90 Å². The number of amides is 1. The van der Waals surface area contributed by atoms with Gasteiger partial charge >= 0.3 is 0 Å². The minimum atomic E-state index is -0.650. The van der Waals surface area contributed by atoms with Gasteiger partial charge in [0.05, 0.1) is 18.1 Å². The van der Waals surface area contributed by atoms with Crippen molar-refractivity contribution in [3.05, 3.63) is 36.1 Å². The number of benzene rings is 1. The molecule has 0 radical (unpaired) electrons. The van der Waals surface area contributed by atoms with Gasteiger partial charge in [-0.3, -0.25) is 9.69 Å². The number of carbonyl (C=O) groups excluding carboxylic acids is 1. The number of carbonyl (C=O) groups is 1. The Kier molecular flexibility index (Phi) is 3.62. The molecule has 2 fully saturated rings.